The first-order valence-corrected chi connectivity index (χ1v) is 6.99. The van der Waals surface area contributed by atoms with Crippen LogP contribution in [0.5, 0.6) is 0 Å². The third-order valence-corrected chi connectivity index (χ3v) is 3.88. The molecule has 3 nitrogen and oxygen atoms in total. The van der Waals surface area contributed by atoms with Gasteiger partial charge in [-0.1, -0.05) is 23.7 Å². The molecular formula is C14H19ClN2O. The minimum absolute atomic E-state index is 0.482. The molecule has 98 valence electrons. The van der Waals surface area contributed by atoms with E-state index in [0.717, 1.165) is 31.3 Å². The number of ether oxygens (including phenoxy) is 1. The summed E-state index contributed by atoms with van der Waals surface area (Å²) in [4.78, 5) is 2.49. The maximum absolute atomic E-state index is 5.89. The number of likely N-dealkylation sites (tertiary alicyclic amines) is 1. The van der Waals surface area contributed by atoms with Crippen molar-refractivity contribution in [3.8, 4) is 0 Å². The van der Waals surface area contributed by atoms with Crippen molar-refractivity contribution in [1.82, 2.24) is 10.2 Å². The molecule has 2 heterocycles. The molecule has 2 atom stereocenters. The lowest BCUT2D eigenvalue weighted by Gasteiger charge is -2.16. The van der Waals surface area contributed by atoms with Crippen LogP contribution in [0.15, 0.2) is 24.3 Å². The topological polar surface area (TPSA) is 27.8 Å². The Balaban J connectivity index is 1.44. The van der Waals surface area contributed by atoms with Gasteiger partial charge in [-0.15, -0.1) is 0 Å². The number of rotatable bonds is 5. The van der Waals surface area contributed by atoms with Gasteiger partial charge in [-0.2, -0.15) is 0 Å². The third kappa shape index (κ3) is 3.45. The second-order valence-electron chi connectivity index (χ2n) is 5.21. The molecule has 18 heavy (non-hydrogen) atoms. The van der Waals surface area contributed by atoms with Crippen molar-refractivity contribution in [1.29, 1.82) is 0 Å². The fourth-order valence-electron chi connectivity index (χ4n) is 2.47. The second-order valence-corrected chi connectivity index (χ2v) is 5.65. The molecule has 0 aliphatic carbocycles. The highest BCUT2D eigenvalue weighted by atomic mass is 35.5. The van der Waals surface area contributed by atoms with Crippen LogP contribution in [0.3, 0.4) is 0 Å². The number of nitrogens with one attached hydrogen (secondary N) is 1. The molecule has 0 radical (unpaired) electrons. The van der Waals surface area contributed by atoms with Crippen LogP contribution < -0.4 is 5.32 Å². The van der Waals surface area contributed by atoms with Crippen molar-refractivity contribution >= 4 is 11.6 Å². The van der Waals surface area contributed by atoms with Crippen molar-refractivity contribution in [2.75, 3.05) is 26.2 Å². The van der Waals surface area contributed by atoms with Crippen LogP contribution in [0, 0.1) is 0 Å². The quantitative estimate of drug-likeness (QED) is 0.825. The molecule has 1 unspecified atom stereocenters. The Morgan fingerprint density at radius 2 is 2.11 bits per heavy atom. The predicted octanol–water partition coefficient (Wildman–Crippen LogP) is 1.90. The van der Waals surface area contributed by atoms with Crippen LogP contribution in [0.2, 0.25) is 5.02 Å². The van der Waals surface area contributed by atoms with E-state index in [0.29, 0.717) is 12.1 Å². The molecule has 3 rings (SSSR count). The molecule has 1 aromatic carbocycles. The number of halogens is 1. The lowest BCUT2D eigenvalue weighted by molar-refractivity contribution is 0.316. The molecule has 2 saturated heterocycles. The minimum atomic E-state index is 0.482. The average Bonchev–Trinajstić information content (AvgIpc) is 3.10. The average molecular weight is 267 g/mol. The first kappa shape index (κ1) is 12.4. The Morgan fingerprint density at radius 1 is 1.33 bits per heavy atom. The van der Waals surface area contributed by atoms with E-state index in [1.165, 1.54) is 18.5 Å². The molecule has 1 N–H and O–H groups in total. The predicted molar refractivity (Wildman–Crippen MR) is 72.9 cm³/mol. The first-order valence-electron chi connectivity index (χ1n) is 6.61. The number of epoxide rings is 1. The number of nitrogens with zero attached hydrogens (tertiary/aromatic N) is 1. The summed E-state index contributed by atoms with van der Waals surface area (Å²) in [6, 6.07) is 8.78. The van der Waals surface area contributed by atoms with Crippen LogP contribution in [-0.2, 0) is 11.3 Å². The van der Waals surface area contributed by atoms with E-state index in [2.05, 4.69) is 22.3 Å². The maximum Gasteiger partial charge on any atom is 0.0934 e. The summed E-state index contributed by atoms with van der Waals surface area (Å²) in [7, 11) is 0. The molecule has 0 spiro atoms. The molecule has 0 amide bonds. The zero-order chi connectivity index (χ0) is 12.4. The zero-order valence-corrected chi connectivity index (χ0v) is 11.2. The molecule has 0 saturated carbocycles. The highest BCUT2D eigenvalue weighted by Crippen LogP contribution is 2.16. The van der Waals surface area contributed by atoms with Crippen molar-refractivity contribution in [3.05, 3.63) is 34.9 Å². The van der Waals surface area contributed by atoms with Gasteiger partial charge in [0.25, 0.3) is 0 Å². The summed E-state index contributed by atoms with van der Waals surface area (Å²) in [5, 5.41) is 4.39. The normalized spacial score (nSPS) is 27.6. The first-order chi connectivity index (χ1) is 8.79. The smallest absolute Gasteiger partial charge is 0.0934 e. The van der Waals surface area contributed by atoms with Gasteiger partial charge in [-0.25, -0.2) is 0 Å². The van der Waals surface area contributed by atoms with E-state index in [4.69, 9.17) is 16.3 Å². The van der Waals surface area contributed by atoms with Crippen molar-refractivity contribution in [3.63, 3.8) is 0 Å². The summed E-state index contributed by atoms with van der Waals surface area (Å²) in [5.74, 6) is 0. The van der Waals surface area contributed by atoms with E-state index in [1.54, 1.807) is 0 Å². The summed E-state index contributed by atoms with van der Waals surface area (Å²) >= 11 is 5.89. The summed E-state index contributed by atoms with van der Waals surface area (Å²) in [6.07, 6.45) is 1.72. The molecule has 2 aliphatic rings. The molecule has 4 heteroatoms. The minimum Gasteiger partial charge on any atom is -0.372 e. The highest BCUT2D eigenvalue weighted by Gasteiger charge is 2.26. The fourth-order valence-corrected chi connectivity index (χ4v) is 2.60. The van der Waals surface area contributed by atoms with Crippen LogP contribution in [0.25, 0.3) is 0 Å². The summed E-state index contributed by atoms with van der Waals surface area (Å²) < 4.78 is 5.21. The number of hydrogen-bond donors (Lipinski definition) is 1. The van der Waals surface area contributed by atoms with Gasteiger partial charge in [-0.05, 0) is 24.1 Å². The summed E-state index contributed by atoms with van der Waals surface area (Å²) in [6.45, 7) is 5.28. The Morgan fingerprint density at radius 3 is 2.83 bits per heavy atom. The molecule has 2 aliphatic heterocycles. The van der Waals surface area contributed by atoms with Gasteiger partial charge >= 0.3 is 0 Å². The van der Waals surface area contributed by atoms with Gasteiger partial charge in [0.05, 0.1) is 12.7 Å². The van der Waals surface area contributed by atoms with Gasteiger partial charge in [-0.3, -0.25) is 4.90 Å². The van der Waals surface area contributed by atoms with E-state index < -0.39 is 0 Å². The SMILES string of the molecule is Clc1ccc(CN2CC[C@H](NCC3CO3)C2)cc1. The van der Waals surface area contributed by atoms with Gasteiger partial charge in [0.2, 0.25) is 0 Å². The monoisotopic (exact) mass is 266 g/mol. The standard InChI is InChI=1S/C14H19ClN2O/c15-12-3-1-11(2-4-12)8-17-6-5-13(9-17)16-7-14-10-18-14/h1-4,13-14,16H,5-10H2/t13-,14?/m0/s1. The van der Waals surface area contributed by atoms with Crippen molar-refractivity contribution in [2.24, 2.45) is 0 Å². The van der Waals surface area contributed by atoms with Gasteiger partial charge in [0.15, 0.2) is 0 Å². The number of hydrogen-bond acceptors (Lipinski definition) is 3. The maximum atomic E-state index is 5.89. The number of benzene rings is 1. The molecule has 1 aromatic rings. The zero-order valence-electron chi connectivity index (χ0n) is 10.4. The van der Waals surface area contributed by atoms with E-state index in [1.807, 2.05) is 12.1 Å². The van der Waals surface area contributed by atoms with Crippen LogP contribution in [0.1, 0.15) is 12.0 Å². The van der Waals surface area contributed by atoms with Crippen LogP contribution in [0.4, 0.5) is 0 Å². The van der Waals surface area contributed by atoms with E-state index in [-0.39, 0.29) is 0 Å². The van der Waals surface area contributed by atoms with Gasteiger partial charge in [0, 0.05) is 37.2 Å². The molecule has 0 aromatic heterocycles. The van der Waals surface area contributed by atoms with Gasteiger partial charge in [0.1, 0.15) is 0 Å². The molecule has 2 fully saturated rings. The van der Waals surface area contributed by atoms with Crippen molar-refractivity contribution < 1.29 is 4.74 Å². The second kappa shape index (κ2) is 5.57. The van der Waals surface area contributed by atoms with Gasteiger partial charge < -0.3 is 10.1 Å². The third-order valence-electron chi connectivity index (χ3n) is 3.63. The summed E-state index contributed by atoms with van der Waals surface area (Å²) in [5.41, 5.74) is 1.34. The fraction of sp³-hybridized carbons (Fsp3) is 0.571. The highest BCUT2D eigenvalue weighted by molar-refractivity contribution is 6.30. The molecule has 0 bridgehead atoms. The Bertz CT molecular complexity index is 391. The van der Waals surface area contributed by atoms with E-state index in [9.17, 15) is 0 Å². The Kier molecular flexibility index (Phi) is 3.85. The Labute approximate surface area is 113 Å². The largest absolute Gasteiger partial charge is 0.372 e. The van der Waals surface area contributed by atoms with Crippen LogP contribution >= 0.6 is 11.6 Å². The van der Waals surface area contributed by atoms with Crippen LogP contribution in [-0.4, -0.2) is 43.3 Å². The van der Waals surface area contributed by atoms with Crippen molar-refractivity contribution in [2.45, 2.75) is 25.1 Å². The van der Waals surface area contributed by atoms with E-state index >= 15 is 0 Å². The lowest BCUT2D eigenvalue weighted by atomic mass is 10.2. The lowest BCUT2D eigenvalue weighted by Crippen LogP contribution is -2.34. The molecular weight excluding hydrogens is 248 g/mol. The Hall–Kier alpha value is -0.610.